The van der Waals surface area contributed by atoms with Crippen LogP contribution in [0.15, 0.2) is 72.8 Å². The van der Waals surface area contributed by atoms with Gasteiger partial charge >= 0.3 is 6.09 Å². The first-order chi connectivity index (χ1) is 16.9. The second-order valence-electron chi connectivity index (χ2n) is 8.34. The van der Waals surface area contributed by atoms with E-state index >= 15 is 0 Å². The fourth-order valence-corrected chi connectivity index (χ4v) is 3.94. The highest BCUT2D eigenvalue weighted by Gasteiger charge is 2.46. The van der Waals surface area contributed by atoms with Crippen LogP contribution < -0.4 is 10.6 Å². The van der Waals surface area contributed by atoms with Crippen LogP contribution in [0.25, 0.3) is 0 Å². The van der Waals surface area contributed by atoms with E-state index < -0.39 is 18.2 Å². The first-order valence-electron chi connectivity index (χ1n) is 11.3. The molecule has 1 heterocycles. The summed E-state index contributed by atoms with van der Waals surface area (Å²) in [7, 11) is 0. The molecule has 1 saturated heterocycles. The van der Waals surface area contributed by atoms with Crippen molar-refractivity contribution < 1.29 is 23.5 Å². The predicted octanol–water partition coefficient (Wildman–Crippen LogP) is 4.58. The molecule has 8 heteroatoms. The first-order valence-corrected chi connectivity index (χ1v) is 11.3. The zero-order valence-electron chi connectivity index (χ0n) is 19.5. The minimum absolute atomic E-state index is 0.0993. The van der Waals surface area contributed by atoms with E-state index in [2.05, 4.69) is 10.6 Å². The summed E-state index contributed by atoms with van der Waals surface area (Å²) in [6.07, 6.45) is -1.47. The third-order valence-corrected chi connectivity index (χ3v) is 5.78. The van der Waals surface area contributed by atoms with E-state index in [4.69, 9.17) is 4.74 Å². The second kappa shape index (κ2) is 10.4. The average molecular weight is 476 g/mol. The van der Waals surface area contributed by atoms with Gasteiger partial charge < -0.3 is 15.4 Å². The Labute approximate surface area is 202 Å². The van der Waals surface area contributed by atoms with Crippen molar-refractivity contribution in [3.8, 4) is 0 Å². The number of nitrogens with one attached hydrogen (secondary N) is 2. The van der Waals surface area contributed by atoms with Gasteiger partial charge in [-0.1, -0.05) is 42.0 Å². The van der Waals surface area contributed by atoms with E-state index in [-0.39, 0.29) is 24.2 Å². The number of benzene rings is 3. The Balaban J connectivity index is 1.53. The van der Waals surface area contributed by atoms with Gasteiger partial charge in [-0.2, -0.15) is 0 Å². The summed E-state index contributed by atoms with van der Waals surface area (Å²) in [6, 6.07) is 18.9. The van der Waals surface area contributed by atoms with Gasteiger partial charge in [-0.25, -0.2) is 9.18 Å². The largest absolute Gasteiger partial charge is 0.438 e. The van der Waals surface area contributed by atoms with Gasteiger partial charge in [0.15, 0.2) is 12.1 Å². The van der Waals surface area contributed by atoms with E-state index in [0.717, 1.165) is 5.56 Å². The molecule has 0 saturated carbocycles. The van der Waals surface area contributed by atoms with Crippen molar-refractivity contribution in [3.05, 3.63) is 101 Å². The molecule has 1 fully saturated rings. The van der Waals surface area contributed by atoms with Crippen molar-refractivity contribution in [1.82, 2.24) is 10.2 Å². The molecular weight excluding hydrogens is 449 g/mol. The van der Waals surface area contributed by atoms with Crippen LogP contribution in [-0.2, 0) is 16.1 Å². The minimum atomic E-state index is -0.902. The number of hydrogen-bond donors (Lipinski definition) is 2. The maximum absolute atomic E-state index is 13.3. The Morgan fingerprint density at radius 1 is 0.971 bits per heavy atom. The molecule has 35 heavy (non-hydrogen) atoms. The van der Waals surface area contributed by atoms with Crippen molar-refractivity contribution in [2.24, 2.45) is 0 Å². The predicted molar refractivity (Wildman–Crippen MR) is 129 cm³/mol. The van der Waals surface area contributed by atoms with Crippen molar-refractivity contribution in [1.29, 1.82) is 0 Å². The third-order valence-electron chi connectivity index (χ3n) is 5.78. The minimum Gasteiger partial charge on any atom is -0.438 e. The zero-order chi connectivity index (χ0) is 24.9. The Morgan fingerprint density at radius 3 is 2.26 bits per heavy atom. The molecular formula is C27H26FN3O4. The number of anilines is 1. The van der Waals surface area contributed by atoms with Crippen molar-refractivity contribution in [3.63, 3.8) is 0 Å². The van der Waals surface area contributed by atoms with Crippen LogP contribution in [0.5, 0.6) is 0 Å². The molecule has 2 N–H and O–H groups in total. The Kier molecular flexibility index (Phi) is 7.10. The number of hydrogen-bond acceptors (Lipinski definition) is 4. The van der Waals surface area contributed by atoms with Crippen LogP contribution in [0, 0.1) is 12.7 Å². The summed E-state index contributed by atoms with van der Waals surface area (Å²) in [5.41, 5.74) is 3.46. The first kappa shape index (κ1) is 23.9. The number of rotatable bonds is 7. The number of cyclic esters (lactones) is 1. The highest BCUT2D eigenvalue weighted by Crippen LogP contribution is 2.34. The Bertz CT molecular complexity index is 1210. The fraction of sp³-hybridized carbons (Fsp3) is 0.222. The monoisotopic (exact) mass is 475 g/mol. The summed E-state index contributed by atoms with van der Waals surface area (Å²) in [6.45, 7) is 4.23. The molecule has 0 radical (unpaired) electrons. The molecule has 1 aliphatic heterocycles. The van der Waals surface area contributed by atoms with E-state index in [1.54, 1.807) is 55.5 Å². The number of halogens is 1. The lowest BCUT2D eigenvalue weighted by molar-refractivity contribution is -0.126. The van der Waals surface area contributed by atoms with Gasteiger partial charge in [0.2, 0.25) is 5.91 Å². The molecule has 4 rings (SSSR count). The summed E-state index contributed by atoms with van der Waals surface area (Å²) < 4.78 is 18.9. The Morgan fingerprint density at radius 2 is 1.63 bits per heavy atom. The van der Waals surface area contributed by atoms with Gasteiger partial charge in [0, 0.05) is 17.8 Å². The fourth-order valence-electron chi connectivity index (χ4n) is 3.94. The van der Waals surface area contributed by atoms with E-state index in [9.17, 15) is 18.8 Å². The SMILES string of the molecule is CCNC(=O)[C@@H]1[C@H](c2ccc(NC(=O)c3ccc(C)cc3)cc2)OC(=O)N1Cc1ccc(F)cc1. The summed E-state index contributed by atoms with van der Waals surface area (Å²) in [4.78, 5) is 39.5. The van der Waals surface area contributed by atoms with Crippen LogP contribution in [0.2, 0.25) is 0 Å². The summed E-state index contributed by atoms with van der Waals surface area (Å²) >= 11 is 0. The van der Waals surface area contributed by atoms with Gasteiger partial charge in [0.1, 0.15) is 5.82 Å². The molecule has 0 aromatic heterocycles. The average Bonchev–Trinajstić information content (AvgIpc) is 3.17. The lowest BCUT2D eigenvalue weighted by atomic mass is 10.00. The van der Waals surface area contributed by atoms with Crippen molar-refractivity contribution >= 4 is 23.6 Å². The van der Waals surface area contributed by atoms with Gasteiger partial charge in [0.05, 0.1) is 6.54 Å². The molecule has 7 nitrogen and oxygen atoms in total. The van der Waals surface area contributed by atoms with E-state index in [0.29, 0.717) is 28.9 Å². The lowest BCUT2D eigenvalue weighted by Gasteiger charge is -2.24. The highest BCUT2D eigenvalue weighted by atomic mass is 19.1. The van der Waals surface area contributed by atoms with Crippen molar-refractivity contribution in [2.75, 3.05) is 11.9 Å². The van der Waals surface area contributed by atoms with Crippen LogP contribution in [-0.4, -0.2) is 35.4 Å². The van der Waals surface area contributed by atoms with Gasteiger partial charge in [-0.05, 0) is 61.4 Å². The highest BCUT2D eigenvalue weighted by molar-refractivity contribution is 6.04. The van der Waals surface area contributed by atoms with E-state index in [1.165, 1.54) is 17.0 Å². The van der Waals surface area contributed by atoms with Gasteiger partial charge in [-0.3, -0.25) is 14.5 Å². The molecule has 3 aromatic rings. The van der Waals surface area contributed by atoms with Gasteiger partial charge in [-0.15, -0.1) is 0 Å². The number of amides is 3. The molecule has 0 aliphatic carbocycles. The molecule has 2 atom stereocenters. The van der Waals surface area contributed by atoms with Crippen LogP contribution in [0.3, 0.4) is 0 Å². The molecule has 3 aromatic carbocycles. The standard InChI is InChI=1S/C27H26FN3O4/c1-3-29-26(33)23-24(35-27(34)31(23)16-18-6-12-21(28)13-7-18)19-10-14-22(15-11-19)30-25(32)20-8-4-17(2)5-9-20/h4-15,23-24H,3,16H2,1-2H3,(H,29,33)(H,30,32)/t23-,24-/m0/s1. The normalized spacial score (nSPS) is 17.1. The molecule has 3 amide bonds. The topological polar surface area (TPSA) is 87.7 Å². The Hall–Kier alpha value is -4.20. The number of carbonyl (C=O) groups is 3. The molecule has 0 bridgehead atoms. The van der Waals surface area contributed by atoms with Crippen LogP contribution in [0.4, 0.5) is 14.9 Å². The summed E-state index contributed by atoms with van der Waals surface area (Å²) in [5, 5.41) is 5.60. The van der Waals surface area contributed by atoms with Crippen LogP contribution in [0.1, 0.15) is 40.1 Å². The summed E-state index contributed by atoms with van der Waals surface area (Å²) in [5.74, 6) is -0.969. The molecule has 0 spiro atoms. The lowest BCUT2D eigenvalue weighted by Crippen LogP contribution is -2.46. The maximum atomic E-state index is 13.3. The third kappa shape index (κ3) is 5.48. The number of aryl methyl sites for hydroxylation is 1. The smallest absolute Gasteiger partial charge is 0.411 e. The maximum Gasteiger partial charge on any atom is 0.411 e. The number of likely N-dealkylation sites (N-methyl/N-ethyl adjacent to an activating group) is 1. The second-order valence-corrected chi connectivity index (χ2v) is 8.34. The number of nitrogens with zero attached hydrogens (tertiary/aromatic N) is 1. The van der Waals surface area contributed by atoms with Crippen molar-refractivity contribution in [2.45, 2.75) is 32.5 Å². The molecule has 180 valence electrons. The zero-order valence-corrected chi connectivity index (χ0v) is 19.5. The molecule has 0 unspecified atom stereocenters. The van der Waals surface area contributed by atoms with E-state index in [1.807, 2.05) is 19.1 Å². The van der Waals surface area contributed by atoms with Gasteiger partial charge in [0.25, 0.3) is 5.91 Å². The molecule has 1 aliphatic rings. The van der Waals surface area contributed by atoms with Crippen LogP contribution >= 0.6 is 0 Å². The number of carbonyl (C=O) groups excluding carboxylic acids is 3. The number of ether oxygens (including phenoxy) is 1. The quantitative estimate of drug-likeness (QED) is 0.524.